The SMILES string of the molecule is CCc1cnc(NC2CCCC(C)(N)C2)nc1-c1cn(S(=O)(=O)c2ccccc2)c2ccccc12. The maximum absolute atomic E-state index is 13.5. The monoisotopic (exact) mass is 489 g/mol. The lowest BCUT2D eigenvalue weighted by atomic mass is 9.81. The molecule has 2 aromatic carbocycles. The first kappa shape index (κ1) is 23.5. The van der Waals surface area contributed by atoms with Crippen LogP contribution in [0.3, 0.4) is 0 Å². The Morgan fingerprint density at radius 1 is 1.14 bits per heavy atom. The van der Waals surface area contributed by atoms with E-state index in [9.17, 15) is 8.42 Å². The fourth-order valence-electron chi connectivity index (χ4n) is 5.04. The third-order valence-electron chi connectivity index (χ3n) is 6.82. The topological polar surface area (TPSA) is 103 Å². The zero-order valence-electron chi connectivity index (χ0n) is 20.1. The van der Waals surface area contributed by atoms with Gasteiger partial charge in [0.1, 0.15) is 0 Å². The van der Waals surface area contributed by atoms with Gasteiger partial charge in [-0.25, -0.2) is 22.4 Å². The molecule has 1 fully saturated rings. The molecular formula is C27H31N5O2S. The molecule has 1 aliphatic carbocycles. The van der Waals surface area contributed by atoms with E-state index >= 15 is 0 Å². The summed E-state index contributed by atoms with van der Waals surface area (Å²) in [6, 6.07) is 16.2. The van der Waals surface area contributed by atoms with Crippen molar-refractivity contribution in [1.82, 2.24) is 13.9 Å². The molecule has 4 aromatic rings. The third-order valence-corrected chi connectivity index (χ3v) is 8.51. The summed E-state index contributed by atoms with van der Waals surface area (Å²) in [6.45, 7) is 4.14. The molecule has 0 radical (unpaired) electrons. The fraction of sp³-hybridized carbons (Fsp3) is 0.333. The van der Waals surface area contributed by atoms with Crippen LogP contribution in [0, 0.1) is 0 Å². The Balaban J connectivity index is 1.61. The first-order valence-electron chi connectivity index (χ1n) is 12.1. The summed E-state index contributed by atoms with van der Waals surface area (Å²) in [6.07, 6.45) is 8.22. The number of nitrogens with zero attached hydrogens (tertiary/aromatic N) is 3. The number of nitrogens with one attached hydrogen (secondary N) is 1. The van der Waals surface area contributed by atoms with Crippen LogP contribution in [0.5, 0.6) is 0 Å². The summed E-state index contributed by atoms with van der Waals surface area (Å²) >= 11 is 0. The molecule has 0 bridgehead atoms. The van der Waals surface area contributed by atoms with Crippen molar-refractivity contribution in [2.45, 2.75) is 62.4 Å². The summed E-state index contributed by atoms with van der Waals surface area (Å²) in [4.78, 5) is 9.72. The van der Waals surface area contributed by atoms with Crippen LogP contribution in [0.1, 0.15) is 45.1 Å². The highest BCUT2D eigenvalue weighted by atomic mass is 32.2. The Kier molecular flexibility index (Phi) is 6.11. The highest BCUT2D eigenvalue weighted by Gasteiger charge is 2.29. The summed E-state index contributed by atoms with van der Waals surface area (Å²) in [5.74, 6) is 0.544. The van der Waals surface area contributed by atoms with Crippen molar-refractivity contribution in [3.05, 3.63) is 72.6 Å². The second kappa shape index (κ2) is 9.09. The zero-order chi connectivity index (χ0) is 24.6. The highest BCUT2D eigenvalue weighted by Crippen LogP contribution is 2.35. The van der Waals surface area contributed by atoms with E-state index in [1.165, 1.54) is 3.97 Å². The standard InChI is InChI=1S/C27H31N5O2S/c1-3-19-17-29-26(30-20-10-9-15-27(2,28)16-20)31-25(19)23-18-32(24-14-8-7-13-22(23)24)35(33,34)21-11-5-4-6-12-21/h4-8,11-14,17-18,20H,3,9-10,15-16,28H2,1-2H3,(H,29,30,31). The van der Waals surface area contributed by atoms with Gasteiger partial charge in [0, 0.05) is 34.9 Å². The number of aromatic nitrogens is 3. The Bertz CT molecular complexity index is 1460. The summed E-state index contributed by atoms with van der Waals surface area (Å²) in [5.41, 5.74) is 9.31. The molecule has 3 N–H and O–H groups in total. The second-order valence-corrected chi connectivity index (χ2v) is 11.5. The van der Waals surface area contributed by atoms with E-state index < -0.39 is 10.0 Å². The molecule has 0 amide bonds. The van der Waals surface area contributed by atoms with Gasteiger partial charge in [-0.15, -0.1) is 0 Å². The van der Waals surface area contributed by atoms with Crippen LogP contribution in [0.25, 0.3) is 22.2 Å². The largest absolute Gasteiger partial charge is 0.351 e. The molecular weight excluding hydrogens is 458 g/mol. The molecule has 7 nitrogen and oxygen atoms in total. The van der Waals surface area contributed by atoms with Crippen molar-refractivity contribution in [3.8, 4) is 11.3 Å². The summed E-state index contributed by atoms with van der Waals surface area (Å²) < 4.78 is 28.5. The minimum Gasteiger partial charge on any atom is -0.351 e. The second-order valence-electron chi connectivity index (χ2n) is 9.69. The van der Waals surface area contributed by atoms with Crippen LogP contribution in [0.4, 0.5) is 5.95 Å². The molecule has 182 valence electrons. The van der Waals surface area contributed by atoms with E-state index in [1.54, 1.807) is 36.5 Å². The van der Waals surface area contributed by atoms with Gasteiger partial charge in [-0.1, -0.05) is 43.3 Å². The van der Waals surface area contributed by atoms with E-state index in [0.29, 0.717) is 11.5 Å². The van der Waals surface area contributed by atoms with Gasteiger partial charge in [-0.3, -0.25) is 0 Å². The maximum Gasteiger partial charge on any atom is 0.268 e. The molecule has 1 aliphatic rings. The quantitative estimate of drug-likeness (QED) is 0.396. The van der Waals surface area contributed by atoms with Gasteiger partial charge in [-0.2, -0.15) is 0 Å². The number of nitrogens with two attached hydrogens (primary N) is 1. The van der Waals surface area contributed by atoms with E-state index in [0.717, 1.165) is 54.3 Å². The first-order chi connectivity index (χ1) is 16.8. The molecule has 1 saturated carbocycles. The minimum atomic E-state index is -3.77. The average molecular weight is 490 g/mol. The smallest absolute Gasteiger partial charge is 0.268 e. The van der Waals surface area contributed by atoms with Crippen LogP contribution in [-0.4, -0.2) is 33.9 Å². The van der Waals surface area contributed by atoms with Crippen molar-refractivity contribution in [1.29, 1.82) is 0 Å². The number of anilines is 1. The third kappa shape index (κ3) is 4.56. The molecule has 0 spiro atoms. The lowest BCUT2D eigenvalue weighted by Crippen LogP contribution is -2.45. The van der Waals surface area contributed by atoms with E-state index in [4.69, 9.17) is 10.7 Å². The van der Waals surface area contributed by atoms with Crippen molar-refractivity contribution in [3.63, 3.8) is 0 Å². The number of hydrogen-bond acceptors (Lipinski definition) is 6. The maximum atomic E-state index is 13.5. The minimum absolute atomic E-state index is 0.193. The Hall–Kier alpha value is -3.23. The van der Waals surface area contributed by atoms with Crippen LogP contribution < -0.4 is 11.1 Å². The lowest BCUT2D eigenvalue weighted by molar-refractivity contribution is 0.302. The number of rotatable bonds is 6. The summed E-state index contributed by atoms with van der Waals surface area (Å²) in [7, 11) is -3.77. The Morgan fingerprint density at radius 2 is 1.89 bits per heavy atom. The van der Waals surface area contributed by atoms with Crippen LogP contribution in [-0.2, 0) is 16.4 Å². The van der Waals surface area contributed by atoms with Gasteiger partial charge in [0.25, 0.3) is 10.0 Å². The van der Waals surface area contributed by atoms with Gasteiger partial charge < -0.3 is 11.1 Å². The molecule has 8 heteroatoms. The number of benzene rings is 2. The van der Waals surface area contributed by atoms with Crippen molar-refractivity contribution in [2.75, 3.05) is 5.32 Å². The van der Waals surface area contributed by atoms with Gasteiger partial charge in [0.05, 0.1) is 16.1 Å². The molecule has 35 heavy (non-hydrogen) atoms. The van der Waals surface area contributed by atoms with Crippen LogP contribution >= 0.6 is 0 Å². The van der Waals surface area contributed by atoms with E-state index in [-0.39, 0.29) is 16.5 Å². The van der Waals surface area contributed by atoms with Gasteiger partial charge in [0.2, 0.25) is 5.95 Å². The summed E-state index contributed by atoms with van der Waals surface area (Å²) in [5, 5.41) is 4.31. The Labute approximate surface area is 206 Å². The molecule has 0 saturated heterocycles. The zero-order valence-corrected chi connectivity index (χ0v) is 20.9. The fourth-order valence-corrected chi connectivity index (χ4v) is 6.43. The number of fused-ring (bicyclic) bond motifs is 1. The van der Waals surface area contributed by atoms with E-state index in [1.807, 2.05) is 30.5 Å². The van der Waals surface area contributed by atoms with Gasteiger partial charge in [-0.05, 0) is 62.8 Å². The lowest BCUT2D eigenvalue weighted by Gasteiger charge is -2.35. The van der Waals surface area contributed by atoms with Crippen molar-refractivity contribution in [2.24, 2.45) is 5.73 Å². The molecule has 2 heterocycles. The predicted octanol–water partition coefficient (Wildman–Crippen LogP) is 4.97. The molecule has 2 unspecified atom stereocenters. The van der Waals surface area contributed by atoms with Crippen molar-refractivity contribution >= 4 is 26.9 Å². The van der Waals surface area contributed by atoms with Gasteiger partial charge in [0.15, 0.2) is 0 Å². The molecule has 5 rings (SSSR count). The van der Waals surface area contributed by atoms with Crippen molar-refractivity contribution < 1.29 is 8.42 Å². The van der Waals surface area contributed by atoms with Crippen LogP contribution in [0.15, 0.2) is 71.9 Å². The highest BCUT2D eigenvalue weighted by molar-refractivity contribution is 7.90. The number of aryl methyl sites for hydroxylation is 1. The molecule has 2 aromatic heterocycles. The molecule has 0 aliphatic heterocycles. The normalized spacial score (nSPS) is 20.7. The van der Waals surface area contributed by atoms with Gasteiger partial charge >= 0.3 is 0 Å². The Morgan fingerprint density at radius 3 is 2.63 bits per heavy atom. The number of hydrogen-bond donors (Lipinski definition) is 2. The average Bonchev–Trinajstić information content (AvgIpc) is 3.24. The number of para-hydroxylation sites is 1. The van der Waals surface area contributed by atoms with Crippen LogP contribution in [0.2, 0.25) is 0 Å². The predicted molar refractivity (Wildman–Crippen MR) is 140 cm³/mol. The molecule has 2 atom stereocenters. The first-order valence-corrected chi connectivity index (χ1v) is 13.5. The van der Waals surface area contributed by atoms with E-state index in [2.05, 4.69) is 24.1 Å².